The molecule has 1 aromatic rings. The molecule has 0 radical (unpaired) electrons. The molecule has 1 fully saturated rings. The predicted molar refractivity (Wildman–Crippen MR) is 67.5 cm³/mol. The van der Waals surface area contributed by atoms with Crippen molar-refractivity contribution in [3.8, 4) is 0 Å². The van der Waals surface area contributed by atoms with Crippen LogP contribution in [0.2, 0.25) is 0 Å². The minimum Gasteiger partial charge on any atom is -0.349 e. The first-order valence-corrected chi connectivity index (χ1v) is 6.51. The summed E-state index contributed by atoms with van der Waals surface area (Å²) in [6, 6.07) is 8.81. The highest BCUT2D eigenvalue weighted by Crippen LogP contribution is 2.54. The Morgan fingerprint density at radius 1 is 1.35 bits per heavy atom. The van der Waals surface area contributed by atoms with E-state index in [1.807, 2.05) is 0 Å². The fourth-order valence-corrected chi connectivity index (χ4v) is 3.60. The fraction of sp³-hybridized carbons (Fsp3) is 0.533. The summed E-state index contributed by atoms with van der Waals surface area (Å²) >= 11 is 0. The van der Waals surface area contributed by atoms with E-state index in [0.29, 0.717) is 12.3 Å². The van der Waals surface area contributed by atoms with Gasteiger partial charge in [-0.15, -0.1) is 0 Å². The Kier molecular flexibility index (Phi) is 2.29. The molecule has 0 bridgehead atoms. The van der Waals surface area contributed by atoms with E-state index in [-0.39, 0.29) is 17.4 Å². The summed E-state index contributed by atoms with van der Waals surface area (Å²) in [7, 11) is 0. The first-order valence-electron chi connectivity index (χ1n) is 6.51. The summed E-state index contributed by atoms with van der Waals surface area (Å²) in [5.41, 5.74) is 3.01. The van der Waals surface area contributed by atoms with Crippen molar-refractivity contribution in [1.82, 2.24) is 5.32 Å². The zero-order valence-corrected chi connectivity index (χ0v) is 10.5. The van der Waals surface area contributed by atoms with Gasteiger partial charge in [0.25, 0.3) is 0 Å². The number of fused-ring (bicyclic) bond motifs is 3. The molecule has 2 heteroatoms. The molecule has 0 aromatic heterocycles. The zero-order chi connectivity index (χ0) is 12.0. The second-order valence-corrected chi connectivity index (χ2v) is 5.76. The summed E-state index contributed by atoms with van der Waals surface area (Å²) in [6.45, 7) is 4.58. The number of hydrogen-bond acceptors (Lipinski definition) is 1. The van der Waals surface area contributed by atoms with E-state index in [2.05, 4.69) is 43.4 Å². The molecule has 3 rings (SSSR count). The highest BCUT2D eigenvalue weighted by atomic mass is 16.1. The molecule has 0 spiro atoms. The molecule has 90 valence electrons. The van der Waals surface area contributed by atoms with Crippen LogP contribution in [0.3, 0.4) is 0 Å². The lowest BCUT2D eigenvalue weighted by atomic mass is 9.67. The van der Waals surface area contributed by atoms with E-state index < -0.39 is 0 Å². The van der Waals surface area contributed by atoms with Crippen LogP contribution in [0, 0.1) is 11.3 Å². The van der Waals surface area contributed by atoms with E-state index in [4.69, 9.17) is 0 Å². The minimum atomic E-state index is 0.211. The third-order valence-electron chi connectivity index (χ3n) is 4.73. The number of benzene rings is 1. The average Bonchev–Trinajstić information content (AvgIpc) is 2.64. The third-order valence-corrected chi connectivity index (χ3v) is 4.73. The number of rotatable bonds is 1. The van der Waals surface area contributed by atoms with Gasteiger partial charge in [0.05, 0.1) is 6.04 Å². The zero-order valence-electron chi connectivity index (χ0n) is 10.5. The van der Waals surface area contributed by atoms with Crippen LogP contribution in [0.25, 0.3) is 0 Å². The van der Waals surface area contributed by atoms with Crippen molar-refractivity contribution in [1.29, 1.82) is 0 Å². The van der Waals surface area contributed by atoms with Crippen LogP contribution in [-0.4, -0.2) is 5.91 Å². The monoisotopic (exact) mass is 229 g/mol. The second kappa shape index (κ2) is 3.59. The van der Waals surface area contributed by atoms with Gasteiger partial charge in [0.1, 0.15) is 0 Å². The van der Waals surface area contributed by atoms with Crippen LogP contribution in [0.5, 0.6) is 0 Å². The van der Waals surface area contributed by atoms with Crippen LogP contribution >= 0.6 is 0 Å². The molecule has 0 unspecified atom stereocenters. The standard InChI is InChI=1S/C15H19NO/c1-10(2)15-8-7-13(17)16-14(15)12-6-4-3-5-11(12)9-15/h3-6,10,14H,7-9H2,1-2H3,(H,16,17)/t14-,15+/m0/s1. The van der Waals surface area contributed by atoms with Gasteiger partial charge in [-0.2, -0.15) is 0 Å². The van der Waals surface area contributed by atoms with Gasteiger partial charge < -0.3 is 5.32 Å². The lowest BCUT2D eigenvalue weighted by Crippen LogP contribution is -2.46. The summed E-state index contributed by atoms with van der Waals surface area (Å²) < 4.78 is 0. The Hall–Kier alpha value is -1.31. The second-order valence-electron chi connectivity index (χ2n) is 5.76. The van der Waals surface area contributed by atoms with Crippen LogP contribution in [0.15, 0.2) is 24.3 Å². The van der Waals surface area contributed by atoms with Crippen molar-refractivity contribution in [3.05, 3.63) is 35.4 Å². The maximum atomic E-state index is 11.7. The molecule has 0 saturated carbocycles. The molecule has 1 aliphatic heterocycles. The van der Waals surface area contributed by atoms with Gasteiger partial charge in [-0.25, -0.2) is 0 Å². The van der Waals surface area contributed by atoms with Gasteiger partial charge in [-0.3, -0.25) is 4.79 Å². The topological polar surface area (TPSA) is 29.1 Å². The molecule has 1 aliphatic carbocycles. The number of amides is 1. The molecule has 1 N–H and O–H groups in total. The Morgan fingerprint density at radius 3 is 2.88 bits per heavy atom. The molecule has 1 amide bonds. The van der Waals surface area contributed by atoms with Gasteiger partial charge >= 0.3 is 0 Å². The predicted octanol–water partition coefficient (Wildman–Crippen LogP) is 2.84. The molecule has 1 aromatic carbocycles. The van der Waals surface area contributed by atoms with Crippen LogP contribution < -0.4 is 5.32 Å². The molecule has 2 aliphatic rings. The number of nitrogens with one attached hydrogen (secondary N) is 1. The first kappa shape index (κ1) is 10.8. The lowest BCUT2D eigenvalue weighted by molar-refractivity contribution is -0.127. The van der Waals surface area contributed by atoms with E-state index in [1.54, 1.807) is 0 Å². The minimum absolute atomic E-state index is 0.211. The quantitative estimate of drug-likeness (QED) is 0.788. The highest BCUT2D eigenvalue weighted by molar-refractivity contribution is 5.78. The van der Waals surface area contributed by atoms with Gasteiger partial charge in [-0.1, -0.05) is 38.1 Å². The van der Waals surface area contributed by atoms with E-state index in [1.165, 1.54) is 11.1 Å². The Morgan fingerprint density at radius 2 is 2.12 bits per heavy atom. The number of carbonyl (C=O) groups excluding carboxylic acids is 1. The fourth-order valence-electron chi connectivity index (χ4n) is 3.60. The van der Waals surface area contributed by atoms with E-state index in [0.717, 1.165) is 12.8 Å². The van der Waals surface area contributed by atoms with Crippen molar-refractivity contribution in [2.45, 2.75) is 39.2 Å². The number of carbonyl (C=O) groups is 1. The normalized spacial score (nSPS) is 31.0. The van der Waals surface area contributed by atoms with Gasteiger partial charge in [0.2, 0.25) is 5.91 Å². The molecular weight excluding hydrogens is 210 g/mol. The highest BCUT2D eigenvalue weighted by Gasteiger charge is 2.50. The maximum Gasteiger partial charge on any atom is 0.220 e. The first-order chi connectivity index (χ1) is 8.13. The Labute approximate surface area is 102 Å². The largest absolute Gasteiger partial charge is 0.349 e. The van der Waals surface area contributed by atoms with Gasteiger partial charge in [0, 0.05) is 11.8 Å². The number of hydrogen-bond donors (Lipinski definition) is 1. The van der Waals surface area contributed by atoms with Crippen LogP contribution in [0.1, 0.15) is 43.9 Å². The summed E-state index contributed by atoms with van der Waals surface area (Å²) in [4.78, 5) is 11.7. The van der Waals surface area contributed by atoms with Crippen molar-refractivity contribution in [2.75, 3.05) is 0 Å². The van der Waals surface area contributed by atoms with Gasteiger partial charge in [0.15, 0.2) is 0 Å². The van der Waals surface area contributed by atoms with Crippen molar-refractivity contribution < 1.29 is 4.79 Å². The Bertz CT molecular complexity index is 466. The maximum absolute atomic E-state index is 11.7. The smallest absolute Gasteiger partial charge is 0.220 e. The lowest BCUT2D eigenvalue weighted by Gasteiger charge is -2.43. The van der Waals surface area contributed by atoms with Gasteiger partial charge in [-0.05, 0) is 29.9 Å². The SMILES string of the molecule is CC(C)[C@]12CCC(=O)N[C@H]1c1ccccc1C2. The summed E-state index contributed by atoms with van der Waals surface area (Å²) in [5.74, 6) is 0.809. The summed E-state index contributed by atoms with van der Waals surface area (Å²) in [6.07, 6.45) is 2.82. The number of piperidine rings is 1. The summed E-state index contributed by atoms with van der Waals surface area (Å²) in [5, 5.41) is 3.22. The van der Waals surface area contributed by atoms with E-state index in [9.17, 15) is 4.79 Å². The van der Waals surface area contributed by atoms with Crippen LogP contribution in [0.4, 0.5) is 0 Å². The molecule has 2 nitrogen and oxygen atoms in total. The van der Waals surface area contributed by atoms with Crippen molar-refractivity contribution in [3.63, 3.8) is 0 Å². The van der Waals surface area contributed by atoms with Crippen LogP contribution in [-0.2, 0) is 11.2 Å². The molecule has 1 heterocycles. The van der Waals surface area contributed by atoms with Crippen molar-refractivity contribution in [2.24, 2.45) is 11.3 Å². The molecular formula is C15H19NO. The molecule has 1 saturated heterocycles. The molecule has 17 heavy (non-hydrogen) atoms. The Balaban J connectivity index is 2.09. The molecule has 2 atom stereocenters. The third kappa shape index (κ3) is 1.43. The van der Waals surface area contributed by atoms with Crippen molar-refractivity contribution >= 4 is 5.91 Å². The van der Waals surface area contributed by atoms with E-state index >= 15 is 0 Å². The average molecular weight is 229 g/mol.